The summed E-state index contributed by atoms with van der Waals surface area (Å²) >= 11 is 0. The lowest BCUT2D eigenvalue weighted by Crippen LogP contribution is -2.36. The van der Waals surface area contributed by atoms with Crippen molar-refractivity contribution in [2.45, 2.75) is 11.7 Å². The van der Waals surface area contributed by atoms with E-state index >= 15 is 0 Å². The Hall–Kier alpha value is -2.36. The maximum Gasteiger partial charge on any atom is 0.194 e. The third kappa shape index (κ3) is 2.49. The van der Waals surface area contributed by atoms with Crippen LogP contribution in [0.15, 0.2) is 78.6 Å². The molecule has 2 aromatic rings. The average Bonchev–Trinajstić information content (AvgIpc) is 2.51. The number of hydrogen-bond acceptors (Lipinski definition) is 3. The summed E-state index contributed by atoms with van der Waals surface area (Å²) < 4.78 is 0. The van der Waals surface area contributed by atoms with Crippen molar-refractivity contribution in [3.8, 4) is 0 Å². The molecule has 0 bridgehead atoms. The van der Waals surface area contributed by atoms with Crippen LogP contribution >= 0.6 is 0 Å². The Morgan fingerprint density at radius 2 is 1.38 bits per heavy atom. The lowest BCUT2D eigenvalue weighted by atomic mass is 9.77. The lowest BCUT2D eigenvalue weighted by molar-refractivity contribution is -0.126. The first-order valence-electron chi connectivity index (χ1n) is 6.77. The second kappa shape index (κ2) is 5.20. The van der Waals surface area contributed by atoms with Gasteiger partial charge in [-0.25, -0.2) is 0 Å². The quantitative estimate of drug-likeness (QED) is 0.741. The largest absolute Gasteiger partial charge is 0.508 e. The van der Waals surface area contributed by atoms with E-state index in [0.717, 1.165) is 11.1 Å². The molecule has 2 aromatic carbocycles. The van der Waals surface area contributed by atoms with E-state index in [-0.39, 0.29) is 5.76 Å². The molecule has 0 aromatic heterocycles. The Morgan fingerprint density at radius 1 is 0.810 bits per heavy atom. The molecular formula is C18H16O3. The molecule has 3 rings (SSSR count). The topological polar surface area (TPSA) is 60.7 Å². The van der Waals surface area contributed by atoms with Crippen molar-refractivity contribution in [2.24, 2.45) is 0 Å². The standard InChI is InChI=1S/C18H16O3/c19-15-11-12-18(20,21)17(14-9-5-2-6-10-14)16(15)13-7-3-1-4-8-13/h1-12,17,19-21H. The van der Waals surface area contributed by atoms with Crippen molar-refractivity contribution >= 4 is 5.57 Å². The van der Waals surface area contributed by atoms with E-state index in [1.807, 2.05) is 60.7 Å². The summed E-state index contributed by atoms with van der Waals surface area (Å²) in [5.74, 6) is -2.74. The summed E-state index contributed by atoms with van der Waals surface area (Å²) in [5, 5.41) is 31.0. The molecule has 21 heavy (non-hydrogen) atoms. The van der Waals surface area contributed by atoms with Gasteiger partial charge < -0.3 is 15.3 Å². The van der Waals surface area contributed by atoms with Crippen LogP contribution in [-0.2, 0) is 0 Å². The zero-order chi connectivity index (χ0) is 14.9. The van der Waals surface area contributed by atoms with Crippen molar-refractivity contribution < 1.29 is 15.3 Å². The van der Waals surface area contributed by atoms with Crippen molar-refractivity contribution in [2.75, 3.05) is 0 Å². The van der Waals surface area contributed by atoms with Crippen LogP contribution in [0.2, 0.25) is 0 Å². The summed E-state index contributed by atoms with van der Waals surface area (Å²) in [4.78, 5) is 0. The second-order valence-electron chi connectivity index (χ2n) is 5.13. The Morgan fingerprint density at radius 3 is 2.00 bits per heavy atom. The van der Waals surface area contributed by atoms with Crippen LogP contribution in [0.5, 0.6) is 0 Å². The predicted octanol–water partition coefficient (Wildman–Crippen LogP) is 2.99. The number of aliphatic hydroxyl groups excluding tert-OH is 1. The van der Waals surface area contributed by atoms with E-state index in [4.69, 9.17) is 0 Å². The zero-order valence-corrected chi connectivity index (χ0v) is 11.3. The normalized spacial score (nSPS) is 20.6. The smallest absolute Gasteiger partial charge is 0.194 e. The van der Waals surface area contributed by atoms with Gasteiger partial charge in [-0.2, -0.15) is 0 Å². The van der Waals surface area contributed by atoms with Crippen LogP contribution in [-0.4, -0.2) is 21.1 Å². The third-order valence-corrected chi connectivity index (χ3v) is 3.69. The number of hydrogen-bond donors (Lipinski definition) is 3. The van der Waals surface area contributed by atoms with Gasteiger partial charge in [-0.15, -0.1) is 0 Å². The number of aliphatic hydroxyl groups is 3. The van der Waals surface area contributed by atoms with Gasteiger partial charge in [0, 0.05) is 5.57 Å². The number of benzene rings is 2. The predicted molar refractivity (Wildman–Crippen MR) is 81.5 cm³/mol. The van der Waals surface area contributed by atoms with E-state index in [1.54, 1.807) is 0 Å². The number of rotatable bonds is 2. The van der Waals surface area contributed by atoms with Crippen LogP contribution in [0.3, 0.4) is 0 Å². The molecule has 1 atom stereocenters. The molecule has 3 heteroatoms. The van der Waals surface area contributed by atoms with Crippen LogP contribution in [0.4, 0.5) is 0 Å². The Kier molecular flexibility index (Phi) is 3.37. The molecule has 0 radical (unpaired) electrons. The highest BCUT2D eigenvalue weighted by atomic mass is 16.5. The van der Waals surface area contributed by atoms with Gasteiger partial charge in [-0.1, -0.05) is 60.7 Å². The average molecular weight is 280 g/mol. The van der Waals surface area contributed by atoms with Gasteiger partial charge in [0.1, 0.15) is 5.76 Å². The minimum atomic E-state index is -2.04. The lowest BCUT2D eigenvalue weighted by Gasteiger charge is -2.34. The van der Waals surface area contributed by atoms with E-state index in [1.165, 1.54) is 12.2 Å². The first kappa shape index (κ1) is 13.6. The van der Waals surface area contributed by atoms with Crippen molar-refractivity contribution in [3.05, 3.63) is 89.7 Å². The summed E-state index contributed by atoms with van der Waals surface area (Å²) in [6, 6.07) is 18.5. The number of allylic oxidation sites excluding steroid dienone is 1. The summed E-state index contributed by atoms with van der Waals surface area (Å²) in [6.45, 7) is 0. The highest BCUT2D eigenvalue weighted by Gasteiger charge is 2.40. The van der Waals surface area contributed by atoms with Gasteiger partial charge >= 0.3 is 0 Å². The fraction of sp³-hybridized carbons (Fsp3) is 0.111. The fourth-order valence-corrected chi connectivity index (χ4v) is 2.74. The molecule has 0 fully saturated rings. The SMILES string of the molecule is OC1=C(c2ccccc2)C(c2ccccc2)C(O)(O)C=C1. The summed E-state index contributed by atoms with van der Waals surface area (Å²) in [5.41, 5.74) is 2.01. The van der Waals surface area contributed by atoms with Gasteiger partial charge in [0.15, 0.2) is 5.79 Å². The molecule has 1 aliphatic rings. The zero-order valence-electron chi connectivity index (χ0n) is 11.3. The van der Waals surface area contributed by atoms with Gasteiger partial charge in [0.2, 0.25) is 0 Å². The fourth-order valence-electron chi connectivity index (χ4n) is 2.74. The molecule has 1 unspecified atom stereocenters. The molecule has 106 valence electrons. The van der Waals surface area contributed by atoms with Crippen LogP contribution in [0, 0.1) is 0 Å². The van der Waals surface area contributed by atoms with Crippen molar-refractivity contribution in [3.63, 3.8) is 0 Å². The van der Waals surface area contributed by atoms with Gasteiger partial charge in [-0.3, -0.25) is 0 Å². The maximum absolute atomic E-state index is 10.4. The van der Waals surface area contributed by atoms with Crippen molar-refractivity contribution in [1.82, 2.24) is 0 Å². The first-order chi connectivity index (χ1) is 10.1. The first-order valence-corrected chi connectivity index (χ1v) is 6.77. The minimum Gasteiger partial charge on any atom is -0.508 e. The van der Waals surface area contributed by atoms with Crippen LogP contribution < -0.4 is 0 Å². The molecule has 0 heterocycles. The van der Waals surface area contributed by atoms with E-state index in [0.29, 0.717) is 5.57 Å². The molecule has 3 nitrogen and oxygen atoms in total. The molecule has 0 saturated carbocycles. The molecule has 0 amide bonds. The molecule has 1 aliphatic carbocycles. The minimum absolute atomic E-state index is 0.0498. The summed E-state index contributed by atoms with van der Waals surface area (Å²) in [7, 11) is 0. The van der Waals surface area contributed by atoms with Gasteiger partial charge in [0.25, 0.3) is 0 Å². The van der Waals surface area contributed by atoms with Crippen LogP contribution in [0.1, 0.15) is 17.0 Å². The van der Waals surface area contributed by atoms with Gasteiger partial charge in [-0.05, 0) is 23.3 Å². The maximum atomic E-state index is 10.4. The molecule has 3 N–H and O–H groups in total. The van der Waals surface area contributed by atoms with Crippen molar-refractivity contribution in [1.29, 1.82) is 0 Å². The van der Waals surface area contributed by atoms with E-state index in [9.17, 15) is 15.3 Å². The highest BCUT2D eigenvalue weighted by molar-refractivity contribution is 5.77. The van der Waals surface area contributed by atoms with E-state index in [2.05, 4.69) is 0 Å². The van der Waals surface area contributed by atoms with Crippen LogP contribution in [0.25, 0.3) is 5.57 Å². The Balaban J connectivity index is 2.20. The molecule has 0 aliphatic heterocycles. The van der Waals surface area contributed by atoms with Gasteiger partial charge in [0.05, 0.1) is 5.92 Å². The highest BCUT2D eigenvalue weighted by Crippen LogP contribution is 2.44. The summed E-state index contributed by atoms with van der Waals surface area (Å²) in [6.07, 6.45) is 2.55. The Bertz CT molecular complexity index is 685. The molecule has 0 spiro atoms. The molecule has 0 saturated heterocycles. The third-order valence-electron chi connectivity index (χ3n) is 3.69. The Labute approximate surface area is 123 Å². The second-order valence-corrected chi connectivity index (χ2v) is 5.13. The van der Waals surface area contributed by atoms with E-state index < -0.39 is 11.7 Å². The molecular weight excluding hydrogens is 264 g/mol. The monoisotopic (exact) mass is 280 g/mol.